The first kappa shape index (κ1) is 29.5. The van der Waals surface area contributed by atoms with Crippen LogP contribution in [-0.4, -0.2) is 72.3 Å². The third-order valence-corrected chi connectivity index (χ3v) is 7.09. The van der Waals surface area contributed by atoms with Gasteiger partial charge >= 0.3 is 11.9 Å². The highest BCUT2D eigenvalue weighted by Crippen LogP contribution is 2.25. The Bertz CT molecular complexity index is 1020. The Morgan fingerprint density at radius 2 is 1.11 bits per heavy atom. The Morgan fingerprint density at radius 1 is 0.737 bits per heavy atom. The summed E-state index contributed by atoms with van der Waals surface area (Å²) in [5, 5.41) is 27.0. The SMILES string of the molecule is CC(C)(C)OC(=O)c1ccc(N2CCC(CO)CC2)cc1.O=C(O)c1ccc(N2CCC(CO)CC2)cc1. The van der Waals surface area contributed by atoms with Gasteiger partial charge < -0.3 is 29.9 Å². The molecule has 8 heteroatoms. The quantitative estimate of drug-likeness (QED) is 0.474. The van der Waals surface area contributed by atoms with Crippen molar-refractivity contribution in [3.05, 3.63) is 59.7 Å². The Balaban J connectivity index is 0.000000215. The highest BCUT2D eigenvalue weighted by molar-refractivity contribution is 5.90. The highest BCUT2D eigenvalue weighted by atomic mass is 16.6. The average Bonchev–Trinajstić information content (AvgIpc) is 2.93. The molecule has 0 amide bonds. The van der Waals surface area contributed by atoms with E-state index in [2.05, 4.69) is 9.80 Å². The molecular formula is C30H42N2O6. The van der Waals surface area contributed by atoms with Crippen molar-refractivity contribution in [1.29, 1.82) is 0 Å². The van der Waals surface area contributed by atoms with Crippen LogP contribution in [0.15, 0.2) is 48.5 Å². The minimum absolute atomic E-state index is 0.270. The lowest BCUT2D eigenvalue weighted by Crippen LogP contribution is -2.34. The highest BCUT2D eigenvalue weighted by Gasteiger charge is 2.21. The molecule has 0 aliphatic carbocycles. The smallest absolute Gasteiger partial charge is 0.338 e. The third kappa shape index (κ3) is 8.74. The first-order valence-electron chi connectivity index (χ1n) is 13.5. The number of carboxylic acid groups (broad SMARTS) is 1. The summed E-state index contributed by atoms with van der Waals surface area (Å²) in [6, 6.07) is 14.6. The van der Waals surface area contributed by atoms with E-state index in [0.717, 1.165) is 63.2 Å². The van der Waals surface area contributed by atoms with Crippen LogP contribution in [0, 0.1) is 11.8 Å². The number of esters is 1. The number of piperidine rings is 2. The molecule has 0 saturated carbocycles. The molecule has 2 aromatic carbocycles. The molecule has 4 rings (SSSR count). The zero-order chi connectivity index (χ0) is 27.7. The lowest BCUT2D eigenvalue weighted by Gasteiger charge is -2.33. The summed E-state index contributed by atoms with van der Waals surface area (Å²) in [5.41, 5.74) is 2.62. The van der Waals surface area contributed by atoms with Crippen LogP contribution in [0.4, 0.5) is 11.4 Å². The number of benzene rings is 2. The van der Waals surface area contributed by atoms with Crippen LogP contribution >= 0.6 is 0 Å². The van der Waals surface area contributed by atoms with Gasteiger partial charge in [-0.3, -0.25) is 0 Å². The summed E-state index contributed by atoms with van der Waals surface area (Å²) in [4.78, 5) is 27.2. The summed E-state index contributed by atoms with van der Waals surface area (Å²) in [6.45, 7) is 9.92. The van der Waals surface area contributed by atoms with Crippen LogP contribution < -0.4 is 9.80 Å². The fourth-order valence-corrected chi connectivity index (χ4v) is 4.71. The second kappa shape index (κ2) is 13.6. The number of carbonyl (C=O) groups excluding carboxylic acids is 1. The van der Waals surface area contributed by atoms with Gasteiger partial charge in [0.2, 0.25) is 0 Å². The van der Waals surface area contributed by atoms with E-state index < -0.39 is 11.6 Å². The standard InChI is InChI=1S/C17H25NO3.C13H17NO3/c1-17(2,3)21-16(20)14-4-6-15(7-5-14)18-10-8-13(12-19)9-11-18;15-9-10-5-7-14(8-6-10)12-3-1-11(2-4-12)13(16)17/h4-7,13,19H,8-12H2,1-3H3;1-4,10,15H,5-9H2,(H,16,17). The maximum absolute atomic E-state index is 12.0. The normalized spacial score (nSPS) is 17.0. The number of nitrogens with zero attached hydrogens (tertiary/aromatic N) is 2. The molecule has 2 saturated heterocycles. The number of carboxylic acids is 1. The molecule has 0 unspecified atom stereocenters. The van der Waals surface area contributed by atoms with Gasteiger partial charge in [-0.05, 0) is 107 Å². The van der Waals surface area contributed by atoms with Crippen LogP contribution in [0.25, 0.3) is 0 Å². The maximum atomic E-state index is 12.0. The molecule has 3 N–H and O–H groups in total. The predicted molar refractivity (Wildman–Crippen MR) is 149 cm³/mol. The zero-order valence-corrected chi connectivity index (χ0v) is 22.8. The molecule has 208 valence electrons. The molecule has 2 aromatic rings. The van der Waals surface area contributed by atoms with Gasteiger partial charge in [-0.15, -0.1) is 0 Å². The lowest BCUT2D eigenvalue weighted by molar-refractivity contribution is 0.00693. The van der Waals surface area contributed by atoms with Crippen LogP contribution in [0.5, 0.6) is 0 Å². The number of hydrogen-bond acceptors (Lipinski definition) is 7. The van der Waals surface area contributed by atoms with E-state index in [0.29, 0.717) is 23.0 Å². The number of carbonyl (C=O) groups is 2. The largest absolute Gasteiger partial charge is 0.478 e. The fraction of sp³-hybridized carbons (Fsp3) is 0.533. The van der Waals surface area contributed by atoms with E-state index in [1.807, 2.05) is 57.2 Å². The Morgan fingerprint density at radius 3 is 1.42 bits per heavy atom. The topological polar surface area (TPSA) is 111 Å². The molecule has 0 radical (unpaired) electrons. The molecule has 38 heavy (non-hydrogen) atoms. The average molecular weight is 527 g/mol. The molecule has 2 aliphatic rings. The van der Waals surface area contributed by atoms with Gasteiger partial charge in [-0.2, -0.15) is 0 Å². The zero-order valence-electron chi connectivity index (χ0n) is 22.8. The summed E-state index contributed by atoms with van der Waals surface area (Å²) in [7, 11) is 0. The van der Waals surface area contributed by atoms with E-state index in [1.165, 1.54) is 0 Å². The van der Waals surface area contributed by atoms with Gasteiger partial charge in [0.05, 0.1) is 11.1 Å². The number of ether oxygens (including phenoxy) is 1. The summed E-state index contributed by atoms with van der Waals surface area (Å²) in [6.07, 6.45) is 4.03. The van der Waals surface area contributed by atoms with Crippen molar-refractivity contribution in [2.24, 2.45) is 11.8 Å². The molecule has 0 spiro atoms. The minimum atomic E-state index is -0.893. The third-order valence-electron chi connectivity index (χ3n) is 7.09. The van der Waals surface area contributed by atoms with Crippen molar-refractivity contribution < 1.29 is 29.6 Å². The Labute approximate surface area is 225 Å². The summed E-state index contributed by atoms with van der Waals surface area (Å²) in [5.74, 6) is -0.324. The van der Waals surface area contributed by atoms with Crippen molar-refractivity contribution in [2.75, 3.05) is 49.2 Å². The van der Waals surface area contributed by atoms with Crippen molar-refractivity contribution >= 4 is 23.3 Å². The van der Waals surface area contributed by atoms with Crippen LogP contribution in [0.1, 0.15) is 67.2 Å². The van der Waals surface area contributed by atoms with Crippen LogP contribution in [0.2, 0.25) is 0 Å². The van der Waals surface area contributed by atoms with E-state index in [1.54, 1.807) is 12.1 Å². The Hall–Kier alpha value is -3.10. The molecule has 0 atom stereocenters. The van der Waals surface area contributed by atoms with Crippen molar-refractivity contribution in [3.8, 4) is 0 Å². The summed E-state index contributed by atoms with van der Waals surface area (Å²) < 4.78 is 5.36. The van der Waals surface area contributed by atoms with Gasteiger partial charge in [0.15, 0.2) is 0 Å². The molecule has 8 nitrogen and oxygen atoms in total. The van der Waals surface area contributed by atoms with Crippen molar-refractivity contribution in [3.63, 3.8) is 0 Å². The van der Waals surface area contributed by atoms with Gasteiger partial charge in [-0.25, -0.2) is 9.59 Å². The van der Waals surface area contributed by atoms with E-state index in [-0.39, 0.29) is 19.2 Å². The Kier molecular flexibility index (Phi) is 10.6. The second-order valence-electron chi connectivity index (χ2n) is 11.1. The second-order valence-corrected chi connectivity index (χ2v) is 11.1. The molecule has 2 aliphatic heterocycles. The molecule has 0 bridgehead atoms. The van der Waals surface area contributed by atoms with Gasteiger partial charge in [0, 0.05) is 50.8 Å². The maximum Gasteiger partial charge on any atom is 0.338 e. The molecule has 2 fully saturated rings. The van der Waals surface area contributed by atoms with E-state index >= 15 is 0 Å². The number of aromatic carboxylic acids is 1. The van der Waals surface area contributed by atoms with Crippen molar-refractivity contribution in [2.45, 2.75) is 52.1 Å². The lowest BCUT2D eigenvalue weighted by atomic mass is 9.97. The number of rotatable bonds is 6. The van der Waals surface area contributed by atoms with Gasteiger partial charge in [-0.1, -0.05) is 0 Å². The van der Waals surface area contributed by atoms with Gasteiger partial charge in [0.1, 0.15) is 5.60 Å². The predicted octanol–water partition coefficient (Wildman–Crippen LogP) is 4.44. The fourth-order valence-electron chi connectivity index (χ4n) is 4.71. The van der Waals surface area contributed by atoms with E-state index in [9.17, 15) is 9.59 Å². The van der Waals surface area contributed by atoms with E-state index in [4.69, 9.17) is 20.1 Å². The van der Waals surface area contributed by atoms with Crippen LogP contribution in [-0.2, 0) is 4.74 Å². The monoisotopic (exact) mass is 526 g/mol. The van der Waals surface area contributed by atoms with Gasteiger partial charge in [0.25, 0.3) is 0 Å². The van der Waals surface area contributed by atoms with Crippen LogP contribution in [0.3, 0.4) is 0 Å². The van der Waals surface area contributed by atoms with Crippen molar-refractivity contribution in [1.82, 2.24) is 0 Å². The number of anilines is 2. The number of aliphatic hydroxyl groups is 2. The minimum Gasteiger partial charge on any atom is -0.478 e. The first-order chi connectivity index (χ1) is 18.1. The molecule has 0 aromatic heterocycles. The summed E-state index contributed by atoms with van der Waals surface area (Å²) >= 11 is 0. The molecule has 2 heterocycles. The molecular weight excluding hydrogens is 484 g/mol. The first-order valence-corrected chi connectivity index (χ1v) is 13.5. The number of aliphatic hydroxyl groups excluding tert-OH is 2. The number of hydrogen-bond donors (Lipinski definition) is 3.